The molecule has 1 aliphatic heterocycles. The van der Waals surface area contributed by atoms with Gasteiger partial charge in [0.2, 0.25) is 11.9 Å². The minimum Gasteiger partial charge on any atom is -0.497 e. The lowest BCUT2D eigenvalue weighted by molar-refractivity contribution is -0.654. The first kappa shape index (κ1) is 13.4. The first-order valence-corrected chi connectivity index (χ1v) is 8.12. The lowest BCUT2D eigenvalue weighted by Crippen LogP contribution is -2.31. The van der Waals surface area contributed by atoms with Gasteiger partial charge in [-0.15, -0.1) is 11.8 Å². The lowest BCUT2D eigenvalue weighted by Gasteiger charge is -2.12. The molecule has 4 nitrogen and oxygen atoms in total. The summed E-state index contributed by atoms with van der Waals surface area (Å²) in [6.45, 7) is 2.03. The van der Waals surface area contributed by atoms with Crippen molar-refractivity contribution >= 4 is 11.8 Å². The van der Waals surface area contributed by atoms with Gasteiger partial charge in [0.1, 0.15) is 16.5 Å². The molecule has 0 saturated heterocycles. The minimum absolute atomic E-state index is 0.862. The molecule has 110 valence electrons. The Morgan fingerprint density at radius 1 is 1.18 bits per heavy atom. The number of methoxy groups -OCH3 is 1. The molecule has 0 amide bonds. The van der Waals surface area contributed by atoms with Crippen LogP contribution in [-0.4, -0.2) is 17.2 Å². The van der Waals surface area contributed by atoms with Crippen LogP contribution in [0.1, 0.15) is 11.3 Å². The number of nitrogens with one attached hydrogen (secondary N) is 1. The van der Waals surface area contributed by atoms with Crippen LogP contribution >= 0.6 is 11.8 Å². The number of aryl methyl sites for hydroxylation is 1. The topological polar surface area (TPSA) is 41.8 Å². The second kappa shape index (κ2) is 5.18. The van der Waals surface area contributed by atoms with Gasteiger partial charge in [-0.1, -0.05) is 4.68 Å². The molecular formula is C17H16N3OS+. The fraction of sp³-hybridized carbons (Fsp3) is 0.176. The van der Waals surface area contributed by atoms with E-state index in [2.05, 4.69) is 33.1 Å². The summed E-state index contributed by atoms with van der Waals surface area (Å²) in [4.78, 5) is 4.63. The summed E-state index contributed by atoms with van der Waals surface area (Å²) in [5.74, 6) is 1.81. The Hall–Kier alpha value is -2.27. The predicted octanol–water partition coefficient (Wildman–Crippen LogP) is 3.28. The van der Waals surface area contributed by atoms with Gasteiger partial charge in [-0.25, -0.2) is 4.98 Å². The van der Waals surface area contributed by atoms with Gasteiger partial charge in [-0.3, -0.25) is 0 Å². The molecule has 1 aromatic carbocycles. The molecule has 3 heterocycles. The zero-order valence-corrected chi connectivity index (χ0v) is 13.3. The van der Waals surface area contributed by atoms with Gasteiger partial charge in [0.15, 0.2) is 0 Å². The van der Waals surface area contributed by atoms with Gasteiger partial charge in [0.25, 0.3) is 0 Å². The Labute approximate surface area is 133 Å². The number of nitrogens with zero attached hydrogens (tertiary/aromatic N) is 2. The number of hydrogen-bond donors (Lipinski definition) is 1. The second-order valence-electron chi connectivity index (χ2n) is 5.30. The molecule has 0 bridgehead atoms. The van der Waals surface area contributed by atoms with Crippen molar-refractivity contribution in [2.24, 2.45) is 0 Å². The third-order valence-corrected chi connectivity index (χ3v) is 4.86. The Balaban J connectivity index is 1.78. The normalized spacial score (nSPS) is 12.6. The average molecular weight is 310 g/mol. The smallest absolute Gasteiger partial charge is 0.235 e. The summed E-state index contributed by atoms with van der Waals surface area (Å²) < 4.78 is 7.27. The van der Waals surface area contributed by atoms with E-state index in [-0.39, 0.29) is 0 Å². The maximum atomic E-state index is 5.21. The maximum absolute atomic E-state index is 5.21. The minimum atomic E-state index is 0.862. The highest BCUT2D eigenvalue weighted by molar-refractivity contribution is 7.98. The number of thioether (sulfide) groups is 1. The molecule has 1 N–H and O–H groups in total. The molecule has 2 aromatic heterocycles. The van der Waals surface area contributed by atoms with Crippen LogP contribution in [-0.2, 0) is 5.75 Å². The van der Waals surface area contributed by atoms with Crippen LogP contribution in [0.4, 0.5) is 0 Å². The van der Waals surface area contributed by atoms with Gasteiger partial charge >= 0.3 is 0 Å². The van der Waals surface area contributed by atoms with Crippen molar-refractivity contribution in [2.45, 2.75) is 17.7 Å². The zero-order chi connectivity index (χ0) is 15.1. The second-order valence-corrected chi connectivity index (χ2v) is 6.27. The van der Waals surface area contributed by atoms with Gasteiger partial charge < -0.3 is 4.74 Å². The van der Waals surface area contributed by atoms with Crippen LogP contribution in [0.25, 0.3) is 16.9 Å². The number of ether oxygens (including phenoxy) is 1. The van der Waals surface area contributed by atoms with Crippen LogP contribution in [0, 0.1) is 6.92 Å². The number of hydrogen-bond acceptors (Lipinski definition) is 3. The van der Waals surface area contributed by atoms with Crippen LogP contribution in [0.3, 0.4) is 0 Å². The van der Waals surface area contributed by atoms with E-state index in [1.54, 1.807) is 18.9 Å². The average Bonchev–Trinajstić information content (AvgIpc) is 2.99. The van der Waals surface area contributed by atoms with E-state index < -0.39 is 0 Å². The molecule has 3 aromatic rings. The van der Waals surface area contributed by atoms with Crippen LogP contribution in [0.5, 0.6) is 5.75 Å². The van der Waals surface area contributed by atoms with Crippen LogP contribution in [0.15, 0.2) is 47.6 Å². The van der Waals surface area contributed by atoms with Crippen LogP contribution < -0.4 is 9.42 Å². The molecule has 0 atom stereocenters. The monoisotopic (exact) mass is 310 g/mol. The Kier molecular flexibility index (Phi) is 3.15. The largest absolute Gasteiger partial charge is 0.497 e. The molecule has 1 aliphatic rings. The van der Waals surface area contributed by atoms with E-state index in [0.29, 0.717) is 0 Å². The standard InChI is InChI=1S/C17H15N3OS/c1-11-3-8-15-16-12(10-22-17(15)18-11)9-20(19-16)13-4-6-14(21-2)7-5-13/h3-9H,10H2,1-2H3/p+1. The Morgan fingerprint density at radius 2 is 2.00 bits per heavy atom. The predicted molar refractivity (Wildman–Crippen MR) is 86.4 cm³/mol. The highest BCUT2D eigenvalue weighted by atomic mass is 32.2. The fourth-order valence-corrected chi connectivity index (χ4v) is 3.69. The number of rotatable bonds is 2. The van der Waals surface area contributed by atoms with E-state index >= 15 is 0 Å². The lowest BCUT2D eigenvalue weighted by atomic mass is 10.1. The Morgan fingerprint density at radius 3 is 2.77 bits per heavy atom. The SMILES string of the molecule is COc1ccc(-[n+]2cc3c([nH]2)-c2ccc(C)nc2SC3)cc1. The zero-order valence-electron chi connectivity index (χ0n) is 12.5. The molecular weight excluding hydrogens is 294 g/mol. The van der Waals surface area contributed by atoms with E-state index in [9.17, 15) is 0 Å². The quantitative estimate of drug-likeness (QED) is 0.739. The van der Waals surface area contributed by atoms with Crippen molar-refractivity contribution in [1.82, 2.24) is 10.1 Å². The summed E-state index contributed by atoms with van der Waals surface area (Å²) in [5, 5.41) is 4.59. The Bertz CT molecular complexity index is 840. The van der Waals surface area contributed by atoms with E-state index in [1.165, 1.54) is 11.1 Å². The van der Waals surface area contributed by atoms with E-state index in [0.717, 1.165) is 33.6 Å². The molecule has 0 unspecified atom stereocenters. The van der Waals surface area contributed by atoms with Crippen molar-refractivity contribution in [1.29, 1.82) is 0 Å². The molecule has 0 spiro atoms. The number of pyridine rings is 1. The molecule has 4 rings (SSSR count). The molecule has 22 heavy (non-hydrogen) atoms. The molecule has 0 aliphatic carbocycles. The van der Waals surface area contributed by atoms with Crippen molar-refractivity contribution in [3.8, 4) is 22.7 Å². The molecule has 0 radical (unpaired) electrons. The highest BCUT2D eigenvalue weighted by Crippen LogP contribution is 2.38. The molecule has 0 saturated carbocycles. The number of benzene rings is 1. The molecule has 0 fully saturated rings. The van der Waals surface area contributed by atoms with Gasteiger partial charge in [-0.05, 0) is 31.2 Å². The highest BCUT2D eigenvalue weighted by Gasteiger charge is 2.25. The summed E-state index contributed by atoms with van der Waals surface area (Å²) in [7, 11) is 1.68. The summed E-state index contributed by atoms with van der Waals surface area (Å²) in [5.41, 5.74) is 5.80. The number of aromatic amines is 1. The molecule has 5 heteroatoms. The maximum Gasteiger partial charge on any atom is 0.235 e. The number of fused-ring (bicyclic) bond motifs is 3. The summed E-state index contributed by atoms with van der Waals surface area (Å²) in [6.07, 6.45) is 2.16. The van der Waals surface area contributed by atoms with Crippen molar-refractivity contribution in [3.63, 3.8) is 0 Å². The van der Waals surface area contributed by atoms with Crippen molar-refractivity contribution in [2.75, 3.05) is 7.11 Å². The summed E-state index contributed by atoms with van der Waals surface area (Å²) in [6, 6.07) is 12.2. The third kappa shape index (κ3) is 2.18. The van der Waals surface area contributed by atoms with Crippen LogP contribution in [0.2, 0.25) is 0 Å². The fourth-order valence-electron chi connectivity index (χ4n) is 2.65. The van der Waals surface area contributed by atoms with Crippen molar-refractivity contribution < 1.29 is 9.42 Å². The third-order valence-electron chi connectivity index (χ3n) is 3.82. The van der Waals surface area contributed by atoms with Gasteiger partial charge in [0, 0.05) is 29.1 Å². The first-order chi connectivity index (χ1) is 10.7. The number of H-pyrrole nitrogens is 1. The van der Waals surface area contributed by atoms with E-state index in [1.807, 2.05) is 31.2 Å². The summed E-state index contributed by atoms with van der Waals surface area (Å²) >= 11 is 1.80. The van der Waals surface area contributed by atoms with E-state index in [4.69, 9.17) is 4.74 Å². The number of aromatic nitrogens is 3. The van der Waals surface area contributed by atoms with Gasteiger partial charge in [-0.2, -0.15) is 5.10 Å². The van der Waals surface area contributed by atoms with Gasteiger partial charge in [0.05, 0.1) is 12.7 Å². The van der Waals surface area contributed by atoms with Crippen molar-refractivity contribution in [3.05, 3.63) is 53.9 Å². The first-order valence-electron chi connectivity index (χ1n) is 7.13.